The maximum absolute atomic E-state index is 11.2. The molecule has 1 atom stereocenters. The van der Waals surface area contributed by atoms with E-state index in [1.54, 1.807) is 0 Å². The maximum Gasteiger partial charge on any atom is 0.276 e. The summed E-state index contributed by atoms with van der Waals surface area (Å²) in [7, 11) is 0. The van der Waals surface area contributed by atoms with E-state index in [-0.39, 0.29) is 17.4 Å². The molecule has 0 bridgehead atoms. The molecule has 1 saturated heterocycles. The van der Waals surface area contributed by atoms with Crippen LogP contribution in [0.1, 0.15) is 6.42 Å². The molecule has 6 heteroatoms. The molecule has 0 saturated carbocycles. The number of H-pyrrole nitrogens is 1. The molecule has 6 nitrogen and oxygen atoms in total. The molecular formula is C8H12N4O2. The molecule has 1 aromatic rings. The highest BCUT2D eigenvalue weighted by Crippen LogP contribution is 2.20. The zero-order chi connectivity index (χ0) is 10.1. The Hall–Kier alpha value is -1.56. The van der Waals surface area contributed by atoms with Gasteiger partial charge in [-0.05, 0) is 6.42 Å². The minimum absolute atomic E-state index is 0.113. The van der Waals surface area contributed by atoms with Crippen molar-refractivity contribution in [2.75, 3.05) is 23.7 Å². The molecule has 0 amide bonds. The first-order valence-corrected chi connectivity index (χ1v) is 4.44. The van der Waals surface area contributed by atoms with Crippen molar-refractivity contribution in [2.45, 2.75) is 12.5 Å². The van der Waals surface area contributed by atoms with Gasteiger partial charge in [-0.3, -0.25) is 4.79 Å². The number of rotatable bonds is 1. The van der Waals surface area contributed by atoms with Crippen molar-refractivity contribution in [3.8, 4) is 0 Å². The van der Waals surface area contributed by atoms with Crippen molar-refractivity contribution < 1.29 is 5.11 Å². The van der Waals surface area contributed by atoms with Crippen molar-refractivity contribution in [2.24, 2.45) is 0 Å². The topological polar surface area (TPSA) is 95.2 Å². The van der Waals surface area contributed by atoms with Crippen molar-refractivity contribution in [1.29, 1.82) is 0 Å². The number of anilines is 2. The third-order valence-electron chi connectivity index (χ3n) is 2.33. The van der Waals surface area contributed by atoms with Crippen molar-refractivity contribution >= 4 is 11.5 Å². The fourth-order valence-electron chi connectivity index (χ4n) is 1.59. The number of β-amino-alcohol motifs (C(OH)–C–C–N with tert-alkyl or cyclic N) is 1. The van der Waals surface area contributed by atoms with Crippen LogP contribution in [0.3, 0.4) is 0 Å². The number of nitrogens with zero attached hydrogens (tertiary/aromatic N) is 2. The molecule has 1 fully saturated rings. The number of aromatic nitrogens is 2. The molecule has 1 unspecified atom stereocenters. The van der Waals surface area contributed by atoms with Crippen molar-refractivity contribution in [3.63, 3.8) is 0 Å². The zero-order valence-electron chi connectivity index (χ0n) is 7.60. The zero-order valence-corrected chi connectivity index (χ0v) is 7.60. The van der Waals surface area contributed by atoms with E-state index < -0.39 is 0 Å². The first-order chi connectivity index (χ1) is 6.68. The molecule has 0 aliphatic carbocycles. The standard InChI is InChI=1S/C8H12N4O2/c9-6-7(10-4-11-8(6)14)12-2-1-5(13)3-12/h4-5,13H,1-3,9H2,(H,10,11,14). The molecule has 1 aliphatic heterocycles. The predicted molar refractivity (Wildman–Crippen MR) is 52.1 cm³/mol. The summed E-state index contributed by atoms with van der Waals surface area (Å²) in [6.07, 6.45) is 1.66. The van der Waals surface area contributed by atoms with Crippen LogP contribution in [0.25, 0.3) is 0 Å². The van der Waals surface area contributed by atoms with Crippen LogP contribution >= 0.6 is 0 Å². The van der Waals surface area contributed by atoms with Gasteiger partial charge in [0, 0.05) is 13.1 Å². The number of nitrogens with two attached hydrogens (primary N) is 1. The number of hydrogen-bond donors (Lipinski definition) is 3. The van der Waals surface area contributed by atoms with Crippen molar-refractivity contribution in [3.05, 3.63) is 16.7 Å². The van der Waals surface area contributed by atoms with E-state index in [1.807, 2.05) is 4.90 Å². The van der Waals surface area contributed by atoms with Gasteiger partial charge in [-0.1, -0.05) is 0 Å². The predicted octanol–water partition coefficient (Wildman–Crippen LogP) is -1.08. The molecule has 2 heterocycles. The number of aliphatic hydroxyl groups excluding tert-OH is 1. The van der Waals surface area contributed by atoms with Gasteiger partial charge >= 0.3 is 0 Å². The summed E-state index contributed by atoms with van der Waals surface area (Å²) in [4.78, 5) is 19.4. The van der Waals surface area contributed by atoms with E-state index in [0.717, 1.165) is 0 Å². The summed E-state index contributed by atoms with van der Waals surface area (Å²) in [5.74, 6) is 0.463. The van der Waals surface area contributed by atoms with E-state index in [4.69, 9.17) is 5.73 Å². The Balaban J connectivity index is 2.33. The van der Waals surface area contributed by atoms with Crippen LogP contribution < -0.4 is 16.2 Å². The average Bonchev–Trinajstić information content (AvgIpc) is 2.57. The van der Waals surface area contributed by atoms with Gasteiger partial charge in [0.05, 0.1) is 12.4 Å². The lowest BCUT2D eigenvalue weighted by Gasteiger charge is -2.17. The number of hydrogen-bond acceptors (Lipinski definition) is 5. The summed E-state index contributed by atoms with van der Waals surface area (Å²) < 4.78 is 0. The summed E-state index contributed by atoms with van der Waals surface area (Å²) >= 11 is 0. The summed E-state index contributed by atoms with van der Waals surface area (Å²) in [6, 6.07) is 0. The molecule has 4 N–H and O–H groups in total. The van der Waals surface area contributed by atoms with Gasteiger partial charge in [0.25, 0.3) is 5.56 Å². The largest absolute Gasteiger partial charge is 0.391 e. The second kappa shape index (κ2) is 3.30. The van der Waals surface area contributed by atoms with Gasteiger partial charge in [0.15, 0.2) is 5.82 Å². The van der Waals surface area contributed by atoms with Gasteiger partial charge in [0.1, 0.15) is 5.69 Å². The monoisotopic (exact) mass is 196 g/mol. The molecule has 0 radical (unpaired) electrons. The molecule has 76 valence electrons. The van der Waals surface area contributed by atoms with E-state index in [1.165, 1.54) is 6.33 Å². The maximum atomic E-state index is 11.2. The number of nitrogens with one attached hydrogen (secondary N) is 1. The Morgan fingerprint density at radius 1 is 1.71 bits per heavy atom. The van der Waals surface area contributed by atoms with Crippen LogP contribution in [0.5, 0.6) is 0 Å². The lowest BCUT2D eigenvalue weighted by Crippen LogP contribution is -2.26. The van der Waals surface area contributed by atoms with Gasteiger partial charge in [-0.2, -0.15) is 0 Å². The Labute approximate surface area is 80.4 Å². The van der Waals surface area contributed by atoms with E-state index >= 15 is 0 Å². The second-order valence-corrected chi connectivity index (χ2v) is 3.36. The molecule has 14 heavy (non-hydrogen) atoms. The number of nitrogen functional groups attached to an aromatic ring is 1. The number of aromatic amines is 1. The van der Waals surface area contributed by atoms with Crippen molar-refractivity contribution in [1.82, 2.24) is 9.97 Å². The molecule has 2 rings (SSSR count). The van der Waals surface area contributed by atoms with Gasteiger partial charge in [-0.15, -0.1) is 0 Å². The third-order valence-corrected chi connectivity index (χ3v) is 2.33. The van der Waals surface area contributed by atoms with Crippen LogP contribution in [0.2, 0.25) is 0 Å². The Morgan fingerprint density at radius 3 is 3.14 bits per heavy atom. The van der Waals surface area contributed by atoms with Crippen LogP contribution in [-0.2, 0) is 0 Å². The van der Waals surface area contributed by atoms with E-state index in [0.29, 0.717) is 25.3 Å². The van der Waals surface area contributed by atoms with E-state index in [2.05, 4.69) is 9.97 Å². The smallest absolute Gasteiger partial charge is 0.276 e. The SMILES string of the molecule is Nc1c(N2CCC(O)C2)nc[nH]c1=O. The summed E-state index contributed by atoms with van der Waals surface area (Å²) in [5, 5.41) is 9.32. The first-order valence-electron chi connectivity index (χ1n) is 4.44. The highest BCUT2D eigenvalue weighted by molar-refractivity contribution is 5.61. The molecule has 0 aromatic carbocycles. The van der Waals surface area contributed by atoms with E-state index in [9.17, 15) is 9.90 Å². The first kappa shape index (κ1) is 9.01. The summed E-state index contributed by atoms with van der Waals surface area (Å²) in [5.41, 5.74) is 5.35. The molecule has 0 spiro atoms. The van der Waals surface area contributed by atoms with Gasteiger partial charge in [0.2, 0.25) is 0 Å². The quantitative estimate of drug-likeness (QED) is 0.531. The highest BCUT2D eigenvalue weighted by atomic mass is 16.3. The minimum atomic E-state index is -0.351. The van der Waals surface area contributed by atoms with Crippen LogP contribution in [0, 0.1) is 0 Å². The lowest BCUT2D eigenvalue weighted by atomic mass is 10.3. The highest BCUT2D eigenvalue weighted by Gasteiger charge is 2.23. The fourth-order valence-corrected chi connectivity index (χ4v) is 1.59. The normalized spacial score (nSPS) is 21.5. The van der Waals surface area contributed by atoms with Gasteiger partial charge < -0.3 is 20.7 Å². The number of aliphatic hydroxyl groups is 1. The Kier molecular flexibility index (Phi) is 2.12. The lowest BCUT2D eigenvalue weighted by molar-refractivity contribution is 0.198. The molecule has 1 aliphatic rings. The molecule has 1 aromatic heterocycles. The fraction of sp³-hybridized carbons (Fsp3) is 0.500. The molecular weight excluding hydrogens is 184 g/mol. The second-order valence-electron chi connectivity index (χ2n) is 3.36. The van der Waals surface area contributed by atoms with Crippen LogP contribution in [0.4, 0.5) is 11.5 Å². The minimum Gasteiger partial charge on any atom is -0.391 e. The Morgan fingerprint density at radius 2 is 2.50 bits per heavy atom. The average molecular weight is 196 g/mol. The van der Waals surface area contributed by atoms with Gasteiger partial charge in [-0.25, -0.2) is 4.98 Å². The van der Waals surface area contributed by atoms with Crippen LogP contribution in [0.15, 0.2) is 11.1 Å². The Bertz CT molecular complexity index is 389. The third kappa shape index (κ3) is 1.44. The summed E-state index contributed by atoms with van der Waals surface area (Å²) in [6.45, 7) is 1.17. The van der Waals surface area contributed by atoms with Crippen LogP contribution in [-0.4, -0.2) is 34.3 Å².